The zero-order chi connectivity index (χ0) is 13.3. The molecule has 0 atom stereocenters. The smallest absolute Gasteiger partial charge is 0.250 e. The number of hydrogen-bond donors (Lipinski definition) is 1. The quantitative estimate of drug-likeness (QED) is 0.875. The lowest BCUT2D eigenvalue weighted by Crippen LogP contribution is -2.36. The Labute approximate surface area is 117 Å². The predicted octanol–water partition coefficient (Wildman–Crippen LogP) is 2.38. The monoisotopic (exact) mass is 277 g/mol. The first-order valence-corrected chi connectivity index (χ1v) is 7.52. The van der Waals surface area contributed by atoms with Crippen molar-refractivity contribution in [3.8, 4) is 0 Å². The van der Waals surface area contributed by atoms with Crippen LogP contribution in [-0.2, 0) is 6.54 Å². The van der Waals surface area contributed by atoms with Crippen LogP contribution in [0.2, 0.25) is 0 Å². The highest BCUT2D eigenvalue weighted by atomic mass is 32.1. The first-order valence-electron chi connectivity index (χ1n) is 6.89. The molecule has 2 aromatic heterocycles. The third-order valence-electron chi connectivity index (χ3n) is 4.22. The van der Waals surface area contributed by atoms with Gasteiger partial charge in [-0.15, -0.1) is 5.10 Å². The summed E-state index contributed by atoms with van der Waals surface area (Å²) in [6.07, 6.45) is 7.85. The number of nitrogens with zero attached hydrogens (tertiary/aromatic N) is 3. The topological polar surface area (TPSA) is 39.3 Å². The van der Waals surface area contributed by atoms with Crippen LogP contribution >= 0.6 is 12.6 Å². The first-order chi connectivity index (χ1) is 9.24. The van der Waals surface area contributed by atoms with Crippen LogP contribution in [0.25, 0.3) is 5.65 Å². The Morgan fingerprint density at radius 1 is 1.26 bits per heavy atom. The molecule has 0 spiro atoms. The molecule has 1 fully saturated rings. The van der Waals surface area contributed by atoms with Crippen molar-refractivity contribution in [1.82, 2.24) is 14.2 Å². The summed E-state index contributed by atoms with van der Waals surface area (Å²) in [4.78, 5) is 12.3. The number of aromatic nitrogens is 3. The summed E-state index contributed by atoms with van der Waals surface area (Å²) in [5.41, 5.74) is 0.823. The number of pyridine rings is 1. The molecule has 3 rings (SSSR count). The van der Waals surface area contributed by atoms with E-state index >= 15 is 0 Å². The molecule has 1 aliphatic rings. The van der Waals surface area contributed by atoms with Crippen LogP contribution in [0, 0.1) is 5.41 Å². The maximum Gasteiger partial charge on any atom is 0.350 e. The second-order valence-electron chi connectivity index (χ2n) is 5.59. The van der Waals surface area contributed by atoms with Gasteiger partial charge in [-0.25, -0.2) is 9.48 Å². The highest BCUT2D eigenvalue weighted by molar-refractivity contribution is 7.80. The van der Waals surface area contributed by atoms with Crippen molar-refractivity contribution in [3.05, 3.63) is 34.9 Å². The van der Waals surface area contributed by atoms with E-state index in [-0.39, 0.29) is 11.1 Å². The Balaban J connectivity index is 1.96. The van der Waals surface area contributed by atoms with Crippen molar-refractivity contribution in [2.24, 2.45) is 5.41 Å². The summed E-state index contributed by atoms with van der Waals surface area (Å²) in [7, 11) is 0. The molecular formula is C14H19N3OS. The Hall–Kier alpha value is -1.23. The van der Waals surface area contributed by atoms with Gasteiger partial charge < -0.3 is 0 Å². The van der Waals surface area contributed by atoms with Crippen molar-refractivity contribution >= 4 is 18.3 Å². The molecule has 0 unspecified atom stereocenters. The fourth-order valence-corrected chi connectivity index (χ4v) is 3.47. The van der Waals surface area contributed by atoms with E-state index in [2.05, 4.69) is 17.7 Å². The lowest BCUT2D eigenvalue weighted by Gasteiger charge is -2.35. The van der Waals surface area contributed by atoms with Crippen molar-refractivity contribution < 1.29 is 0 Å². The Kier molecular flexibility index (Phi) is 3.39. The first kappa shape index (κ1) is 12.8. The standard InChI is InChI=1S/C14H19N3OS/c18-13-16-9-5-2-6-12(16)15-17(13)10-14(11-19)7-3-1-4-8-14/h2,5-6,9,19H,1,3-4,7-8,10-11H2. The fourth-order valence-electron chi connectivity index (χ4n) is 3.06. The minimum Gasteiger partial charge on any atom is -0.250 e. The van der Waals surface area contributed by atoms with Crippen molar-refractivity contribution in [2.45, 2.75) is 38.6 Å². The second-order valence-corrected chi connectivity index (χ2v) is 5.90. The number of hydrogen-bond acceptors (Lipinski definition) is 3. The molecular weight excluding hydrogens is 258 g/mol. The maximum atomic E-state index is 12.3. The average Bonchev–Trinajstić information content (AvgIpc) is 2.77. The van der Waals surface area contributed by atoms with Gasteiger partial charge >= 0.3 is 5.69 Å². The highest BCUT2D eigenvalue weighted by Crippen LogP contribution is 2.38. The molecule has 0 N–H and O–H groups in total. The molecule has 2 aromatic rings. The van der Waals surface area contributed by atoms with E-state index in [0.29, 0.717) is 6.54 Å². The molecule has 0 radical (unpaired) electrons. The molecule has 0 aliphatic heterocycles. The van der Waals surface area contributed by atoms with Crippen molar-refractivity contribution in [2.75, 3.05) is 5.75 Å². The van der Waals surface area contributed by atoms with Crippen LogP contribution in [0.3, 0.4) is 0 Å². The summed E-state index contributed by atoms with van der Waals surface area (Å²) < 4.78 is 3.23. The zero-order valence-corrected chi connectivity index (χ0v) is 11.9. The van der Waals surface area contributed by atoms with Gasteiger partial charge in [0.1, 0.15) is 0 Å². The van der Waals surface area contributed by atoms with E-state index in [1.165, 1.54) is 19.3 Å². The molecule has 0 saturated heterocycles. The number of thiol groups is 1. The van der Waals surface area contributed by atoms with Gasteiger partial charge in [0.2, 0.25) is 0 Å². The van der Waals surface area contributed by atoms with Gasteiger partial charge in [-0.3, -0.25) is 4.40 Å². The summed E-state index contributed by atoms with van der Waals surface area (Å²) in [5, 5.41) is 4.43. The predicted molar refractivity (Wildman–Crippen MR) is 78.8 cm³/mol. The fraction of sp³-hybridized carbons (Fsp3) is 0.571. The minimum absolute atomic E-state index is 0.0395. The Morgan fingerprint density at radius 3 is 2.74 bits per heavy atom. The van der Waals surface area contributed by atoms with E-state index < -0.39 is 0 Å². The maximum absolute atomic E-state index is 12.3. The van der Waals surface area contributed by atoms with Crippen LogP contribution in [0.5, 0.6) is 0 Å². The third kappa shape index (κ3) is 2.31. The summed E-state index contributed by atoms with van der Waals surface area (Å²) >= 11 is 4.53. The summed E-state index contributed by atoms with van der Waals surface area (Å²) in [5.74, 6) is 0.827. The average molecular weight is 277 g/mol. The van der Waals surface area contributed by atoms with Crippen LogP contribution in [0.4, 0.5) is 0 Å². The normalized spacial score (nSPS) is 18.8. The van der Waals surface area contributed by atoms with E-state index in [9.17, 15) is 4.79 Å². The van der Waals surface area contributed by atoms with Crippen molar-refractivity contribution in [3.63, 3.8) is 0 Å². The SMILES string of the molecule is O=c1n(CC2(CS)CCCCC2)nc2ccccn12. The molecule has 0 bridgehead atoms. The van der Waals surface area contributed by atoms with Crippen molar-refractivity contribution in [1.29, 1.82) is 0 Å². The van der Waals surface area contributed by atoms with Gasteiger partial charge in [-0.2, -0.15) is 12.6 Å². The van der Waals surface area contributed by atoms with E-state index in [4.69, 9.17) is 0 Å². The van der Waals surface area contributed by atoms with Gasteiger partial charge in [-0.1, -0.05) is 25.3 Å². The summed E-state index contributed by atoms with van der Waals surface area (Å²) in [6.45, 7) is 0.691. The Bertz CT molecular complexity index is 625. The Morgan fingerprint density at radius 2 is 2.05 bits per heavy atom. The van der Waals surface area contributed by atoms with Crippen LogP contribution < -0.4 is 5.69 Å². The molecule has 4 nitrogen and oxygen atoms in total. The van der Waals surface area contributed by atoms with E-state index in [0.717, 1.165) is 24.2 Å². The molecule has 102 valence electrons. The molecule has 19 heavy (non-hydrogen) atoms. The zero-order valence-electron chi connectivity index (χ0n) is 11.0. The molecule has 5 heteroatoms. The third-order valence-corrected chi connectivity index (χ3v) is 4.89. The molecule has 0 amide bonds. The highest BCUT2D eigenvalue weighted by Gasteiger charge is 2.32. The lowest BCUT2D eigenvalue weighted by atomic mass is 9.75. The van der Waals surface area contributed by atoms with Crippen LogP contribution in [-0.4, -0.2) is 19.9 Å². The summed E-state index contributed by atoms with van der Waals surface area (Å²) in [6, 6.07) is 5.63. The number of rotatable bonds is 3. The molecule has 2 heterocycles. The molecule has 1 saturated carbocycles. The van der Waals surface area contributed by atoms with Crippen LogP contribution in [0.1, 0.15) is 32.1 Å². The minimum atomic E-state index is -0.0395. The van der Waals surface area contributed by atoms with E-state index in [1.54, 1.807) is 15.3 Å². The lowest BCUT2D eigenvalue weighted by molar-refractivity contribution is 0.180. The van der Waals surface area contributed by atoms with Gasteiger partial charge in [0.25, 0.3) is 0 Å². The van der Waals surface area contributed by atoms with Gasteiger partial charge in [0.15, 0.2) is 5.65 Å². The molecule has 1 aliphatic carbocycles. The van der Waals surface area contributed by atoms with Crippen LogP contribution in [0.15, 0.2) is 29.2 Å². The van der Waals surface area contributed by atoms with Gasteiger partial charge in [-0.05, 0) is 36.1 Å². The van der Waals surface area contributed by atoms with Gasteiger partial charge in [0.05, 0.1) is 6.54 Å². The largest absolute Gasteiger partial charge is 0.350 e. The second kappa shape index (κ2) is 5.04. The van der Waals surface area contributed by atoms with Gasteiger partial charge in [0, 0.05) is 6.20 Å². The number of fused-ring (bicyclic) bond motifs is 1. The molecule has 0 aromatic carbocycles. The van der Waals surface area contributed by atoms with E-state index in [1.807, 2.05) is 18.2 Å².